The lowest BCUT2D eigenvalue weighted by molar-refractivity contribution is 0.496. The Morgan fingerprint density at radius 2 is 2.15 bits per heavy atom. The van der Waals surface area contributed by atoms with E-state index in [1.54, 1.807) is 0 Å². The van der Waals surface area contributed by atoms with Gasteiger partial charge in [-0.05, 0) is 47.9 Å². The summed E-state index contributed by atoms with van der Waals surface area (Å²) in [5.74, 6) is 1.51. The summed E-state index contributed by atoms with van der Waals surface area (Å²) in [6.07, 6.45) is 2.51. The third-order valence-corrected chi connectivity index (χ3v) is 3.27. The normalized spacial score (nSPS) is 20.8. The first kappa shape index (κ1) is 9.08. The highest BCUT2D eigenvalue weighted by atomic mass is 35.5. The van der Waals surface area contributed by atoms with Crippen molar-refractivity contribution in [1.82, 2.24) is 0 Å². The summed E-state index contributed by atoms with van der Waals surface area (Å²) in [5.41, 5.74) is 2.99. The predicted octanol–water partition coefficient (Wildman–Crippen LogP) is 4.03. The Morgan fingerprint density at radius 1 is 1.38 bits per heavy atom. The molecule has 0 amide bonds. The molecule has 0 aliphatic heterocycles. The zero-order chi connectivity index (χ0) is 9.42. The highest BCUT2D eigenvalue weighted by molar-refractivity contribution is 6.30. The van der Waals surface area contributed by atoms with Crippen LogP contribution >= 0.6 is 11.6 Å². The molecule has 0 saturated carbocycles. The number of rotatable bonds is 1. The van der Waals surface area contributed by atoms with Gasteiger partial charge in [-0.3, -0.25) is 0 Å². The summed E-state index contributed by atoms with van der Waals surface area (Å²) in [6.45, 7) is 4.60. The number of benzene rings is 1. The molecule has 70 valence electrons. The van der Waals surface area contributed by atoms with E-state index in [0.29, 0.717) is 0 Å². The molecule has 1 aromatic carbocycles. The van der Waals surface area contributed by atoms with Crippen LogP contribution in [0.3, 0.4) is 0 Å². The molecular formula is C12H15Cl. The number of hydrogen-bond acceptors (Lipinski definition) is 0. The van der Waals surface area contributed by atoms with Crippen LogP contribution in [0.1, 0.15) is 37.3 Å². The molecule has 0 nitrogen and oxygen atoms in total. The van der Waals surface area contributed by atoms with Gasteiger partial charge in [0, 0.05) is 5.02 Å². The van der Waals surface area contributed by atoms with Gasteiger partial charge >= 0.3 is 0 Å². The van der Waals surface area contributed by atoms with Crippen molar-refractivity contribution in [3.8, 4) is 0 Å². The minimum atomic E-state index is 0.752. The molecule has 1 unspecified atom stereocenters. The number of aryl methyl sites for hydroxylation is 1. The van der Waals surface area contributed by atoms with Crippen LogP contribution in [0.5, 0.6) is 0 Å². The van der Waals surface area contributed by atoms with Gasteiger partial charge in [-0.25, -0.2) is 0 Å². The van der Waals surface area contributed by atoms with Crippen LogP contribution in [0.2, 0.25) is 5.02 Å². The number of halogens is 1. The Kier molecular flexibility index (Phi) is 2.33. The molecule has 1 aromatic rings. The molecule has 2 rings (SSSR count). The first-order valence-corrected chi connectivity index (χ1v) is 5.34. The first-order chi connectivity index (χ1) is 6.18. The van der Waals surface area contributed by atoms with E-state index in [2.05, 4.69) is 26.0 Å². The van der Waals surface area contributed by atoms with Crippen molar-refractivity contribution >= 4 is 11.6 Å². The molecule has 0 bridgehead atoms. The number of fused-ring (bicyclic) bond motifs is 1. The maximum Gasteiger partial charge on any atom is 0.0408 e. The highest BCUT2D eigenvalue weighted by Crippen LogP contribution is 2.38. The van der Waals surface area contributed by atoms with Crippen LogP contribution < -0.4 is 0 Å². The number of hydrogen-bond donors (Lipinski definition) is 0. The zero-order valence-corrected chi connectivity index (χ0v) is 8.93. The average Bonchev–Trinajstić information content (AvgIpc) is 2.46. The van der Waals surface area contributed by atoms with E-state index in [4.69, 9.17) is 11.6 Å². The lowest BCUT2D eigenvalue weighted by atomic mass is 9.90. The molecule has 0 aromatic heterocycles. The van der Waals surface area contributed by atoms with E-state index < -0.39 is 0 Å². The van der Waals surface area contributed by atoms with E-state index in [1.807, 2.05) is 6.07 Å². The highest BCUT2D eigenvalue weighted by Gasteiger charge is 2.24. The lowest BCUT2D eigenvalue weighted by Crippen LogP contribution is -2.01. The molecule has 1 aliphatic rings. The quantitative estimate of drug-likeness (QED) is 0.634. The van der Waals surface area contributed by atoms with Crippen LogP contribution in [0.4, 0.5) is 0 Å². The molecule has 0 N–H and O–H groups in total. The van der Waals surface area contributed by atoms with Crippen LogP contribution in [0, 0.1) is 5.92 Å². The fraction of sp³-hybridized carbons (Fsp3) is 0.500. The Bertz CT molecular complexity index is 315. The van der Waals surface area contributed by atoms with Gasteiger partial charge in [-0.15, -0.1) is 0 Å². The Hall–Kier alpha value is -0.490. The molecular weight excluding hydrogens is 180 g/mol. The van der Waals surface area contributed by atoms with Crippen LogP contribution in [0.15, 0.2) is 18.2 Å². The van der Waals surface area contributed by atoms with Crippen molar-refractivity contribution in [2.75, 3.05) is 0 Å². The monoisotopic (exact) mass is 194 g/mol. The zero-order valence-electron chi connectivity index (χ0n) is 8.18. The third kappa shape index (κ3) is 1.60. The standard InChI is InChI=1S/C12H15Cl/c1-8(2)11-5-3-9-7-10(13)4-6-12(9)11/h4,6-8,11H,3,5H2,1-2H3. The Labute approximate surface area is 84.9 Å². The maximum absolute atomic E-state index is 5.95. The third-order valence-electron chi connectivity index (χ3n) is 3.03. The van der Waals surface area contributed by atoms with Crippen molar-refractivity contribution in [2.24, 2.45) is 5.92 Å². The lowest BCUT2D eigenvalue weighted by Gasteiger charge is -2.15. The van der Waals surface area contributed by atoms with Crippen LogP contribution in [0.25, 0.3) is 0 Å². The van der Waals surface area contributed by atoms with Crippen molar-refractivity contribution < 1.29 is 0 Å². The van der Waals surface area contributed by atoms with E-state index in [-0.39, 0.29) is 0 Å². The molecule has 1 heteroatoms. The summed E-state index contributed by atoms with van der Waals surface area (Å²) in [7, 11) is 0. The van der Waals surface area contributed by atoms with Crippen molar-refractivity contribution in [3.63, 3.8) is 0 Å². The summed E-state index contributed by atoms with van der Waals surface area (Å²) in [4.78, 5) is 0. The van der Waals surface area contributed by atoms with Crippen molar-refractivity contribution in [1.29, 1.82) is 0 Å². The van der Waals surface area contributed by atoms with Crippen molar-refractivity contribution in [2.45, 2.75) is 32.6 Å². The fourth-order valence-corrected chi connectivity index (χ4v) is 2.51. The largest absolute Gasteiger partial charge is 0.0843 e. The second-order valence-corrected chi connectivity index (χ2v) is 4.67. The van der Waals surface area contributed by atoms with E-state index in [1.165, 1.54) is 24.0 Å². The summed E-state index contributed by atoms with van der Waals surface area (Å²) in [6, 6.07) is 6.34. The minimum Gasteiger partial charge on any atom is -0.0843 e. The molecule has 0 saturated heterocycles. The van der Waals surface area contributed by atoms with Crippen LogP contribution in [-0.4, -0.2) is 0 Å². The topological polar surface area (TPSA) is 0 Å². The summed E-state index contributed by atoms with van der Waals surface area (Å²) < 4.78 is 0. The van der Waals surface area contributed by atoms with Crippen molar-refractivity contribution in [3.05, 3.63) is 34.3 Å². The van der Waals surface area contributed by atoms with E-state index in [9.17, 15) is 0 Å². The second kappa shape index (κ2) is 3.34. The maximum atomic E-state index is 5.95. The van der Waals surface area contributed by atoms with Gasteiger partial charge in [0.2, 0.25) is 0 Å². The summed E-state index contributed by atoms with van der Waals surface area (Å²) in [5, 5.41) is 0.878. The van der Waals surface area contributed by atoms with Gasteiger partial charge in [0.25, 0.3) is 0 Å². The average molecular weight is 195 g/mol. The second-order valence-electron chi connectivity index (χ2n) is 4.23. The fourth-order valence-electron chi connectivity index (χ4n) is 2.31. The van der Waals surface area contributed by atoms with Gasteiger partial charge in [0.05, 0.1) is 0 Å². The summed E-state index contributed by atoms with van der Waals surface area (Å²) >= 11 is 5.95. The van der Waals surface area contributed by atoms with E-state index in [0.717, 1.165) is 16.9 Å². The molecule has 1 aliphatic carbocycles. The molecule has 1 atom stereocenters. The Morgan fingerprint density at radius 3 is 2.85 bits per heavy atom. The van der Waals surface area contributed by atoms with Gasteiger partial charge < -0.3 is 0 Å². The molecule has 0 heterocycles. The van der Waals surface area contributed by atoms with Gasteiger partial charge in [0.1, 0.15) is 0 Å². The van der Waals surface area contributed by atoms with Crippen LogP contribution in [-0.2, 0) is 6.42 Å². The molecule has 0 radical (unpaired) electrons. The van der Waals surface area contributed by atoms with Gasteiger partial charge in [0.15, 0.2) is 0 Å². The smallest absolute Gasteiger partial charge is 0.0408 e. The molecule has 0 fully saturated rings. The first-order valence-electron chi connectivity index (χ1n) is 4.97. The van der Waals surface area contributed by atoms with Gasteiger partial charge in [-0.2, -0.15) is 0 Å². The van der Waals surface area contributed by atoms with E-state index >= 15 is 0 Å². The molecule has 13 heavy (non-hydrogen) atoms. The minimum absolute atomic E-state index is 0.752. The predicted molar refractivity (Wildman–Crippen MR) is 57.4 cm³/mol. The Balaban J connectivity index is 2.38. The SMILES string of the molecule is CC(C)C1CCc2cc(Cl)ccc21. The molecule has 0 spiro atoms. The van der Waals surface area contributed by atoms with Gasteiger partial charge in [-0.1, -0.05) is 31.5 Å².